The first kappa shape index (κ1) is 15.3. The highest BCUT2D eigenvalue weighted by Gasteiger charge is 2.14. The Bertz CT molecular complexity index is 704. The highest BCUT2D eigenvalue weighted by Crippen LogP contribution is 2.14. The van der Waals surface area contributed by atoms with Gasteiger partial charge in [0.2, 0.25) is 0 Å². The molecule has 0 bridgehead atoms. The molecule has 0 aliphatic heterocycles. The first-order valence-corrected chi connectivity index (χ1v) is 8.20. The molecule has 0 saturated heterocycles. The van der Waals surface area contributed by atoms with Crippen LogP contribution in [0.25, 0.3) is 0 Å². The van der Waals surface area contributed by atoms with Gasteiger partial charge < -0.3 is 5.11 Å². The number of carbonyl (C=O) groups is 1. The van der Waals surface area contributed by atoms with E-state index >= 15 is 0 Å². The van der Waals surface area contributed by atoms with E-state index in [0.29, 0.717) is 12.0 Å². The minimum absolute atomic E-state index is 0.0370. The van der Waals surface area contributed by atoms with Crippen LogP contribution < -0.4 is 0 Å². The van der Waals surface area contributed by atoms with Gasteiger partial charge in [0.1, 0.15) is 0 Å². The molecule has 0 saturated carbocycles. The van der Waals surface area contributed by atoms with E-state index in [-0.39, 0.29) is 17.1 Å². The molecule has 0 atom stereocenters. The standard InChI is InChI=1S/C16H16O4S/c17-16(18)12-14-6-8-15(9-7-14)21(19,20)11-10-13-4-2-1-3-5-13/h1-9H,10-12H2,(H,17,18). The van der Waals surface area contributed by atoms with Gasteiger partial charge in [-0.1, -0.05) is 42.5 Å². The van der Waals surface area contributed by atoms with Crippen LogP contribution in [0.1, 0.15) is 11.1 Å². The lowest BCUT2D eigenvalue weighted by Gasteiger charge is -2.06. The van der Waals surface area contributed by atoms with E-state index in [1.54, 1.807) is 12.1 Å². The van der Waals surface area contributed by atoms with E-state index in [1.807, 2.05) is 30.3 Å². The summed E-state index contributed by atoms with van der Waals surface area (Å²) in [5.41, 5.74) is 1.56. The molecule has 0 aliphatic carbocycles. The summed E-state index contributed by atoms with van der Waals surface area (Å²) in [4.78, 5) is 10.8. The van der Waals surface area contributed by atoms with Gasteiger partial charge in [0.05, 0.1) is 17.1 Å². The second kappa shape index (κ2) is 6.54. The molecule has 0 unspecified atom stereocenters. The quantitative estimate of drug-likeness (QED) is 0.889. The summed E-state index contributed by atoms with van der Waals surface area (Å²) < 4.78 is 24.4. The highest BCUT2D eigenvalue weighted by molar-refractivity contribution is 7.91. The molecule has 0 amide bonds. The Kier molecular flexibility index (Phi) is 4.75. The third-order valence-electron chi connectivity index (χ3n) is 3.14. The van der Waals surface area contributed by atoms with Gasteiger partial charge in [0.15, 0.2) is 9.84 Å². The van der Waals surface area contributed by atoms with Crippen LogP contribution in [0.3, 0.4) is 0 Å². The topological polar surface area (TPSA) is 71.4 Å². The fourth-order valence-electron chi connectivity index (χ4n) is 2.00. The number of sulfone groups is 1. The van der Waals surface area contributed by atoms with Gasteiger partial charge >= 0.3 is 5.97 Å². The molecule has 2 aromatic carbocycles. The van der Waals surface area contributed by atoms with Gasteiger partial charge in [-0.15, -0.1) is 0 Å². The second-order valence-corrected chi connectivity index (χ2v) is 6.88. The molecule has 0 heterocycles. The molecule has 0 fully saturated rings. The van der Waals surface area contributed by atoms with Crippen molar-refractivity contribution < 1.29 is 18.3 Å². The Hall–Kier alpha value is -2.14. The number of carboxylic acid groups (broad SMARTS) is 1. The number of hydrogen-bond acceptors (Lipinski definition) is 3. The molecule has 5 heteroatoms. The van der Waals surface area contributed by atoms with Gasteiger partial charge in [-0.2, -0.15) is 0 Å². The molecule has 4 nitrogen and oxygen atoms in total. The van der Waals surface area contributed by atoms with Crippen LogP contribution in [0.15, 0.2) is 59.5 Å². The van der Waals surface area contributed by atoms with Crippen LogP contribution in [0.2, 0.25) is 0 Å². The van der Waals surface area contributed by atoms with Gasteiger partial charge in [-0.05, 0) is 29.7 Å². The van der Waals surface area contributed by atoms with E-state index in [0.717, 1.165) is 5.56 Å². The maximum Gasteiger partial charge on any atom is 0.307 e. The lowest BCUT2D eigenvalue weighted by Crippen LogP contribution is -2.09. The first-order chi connectivity index (χ1) is 9.97. The molecule has 110 valence electrons. The Morgan fingerprint density at radius 2 is 1.52 bits per heavy atom. The summed E-state index contributed by atoms with van der Waals surface area (Å²) in [5, 5.41) is 8.69. The summed E-state index contributed by atoms with van der Waals surface area (Å²) in [7, 11) is -3.35. The SMILES string of the molecule is O=C(O)Cc1ccc(S(=O)(=O)CCc2ccccc2)cc1. The predicted molar refractivity (Wildman–Crippen MR) is 80.0 cm³/mol. The Morgan fingerprint density at radius 1 is 0.905 bits per heavy atom. The molecular weight excluding hydrogens is 288 g/mol. The summed E-state index contributed by atoms with van der Waals surface area (Å²) in [6.07, 6.45) is 0.352. The predicted octanol–water partition coefficient (Wildman–Crippen LogP) is 2.33. The van der Waals surface area contributed by atoms with Gasteiger partial charge in [0, 0.05) is 0 Å². The van der Waals surface area contributed by atoms with E-state index in [9.17, 15) is 13.2 Å². The molecular formula is C16H16O4S. The van der Waals surface area contributed by atoms with Gasteiger partial charge in [-0.25, -0.2) is 8.42 Å². The molecule has 1 N–H and O–H groups in total. The summed E-state index contributed by atoms with van der Waals surface area (Å²) in [6.45, 7) is 0. The number of benzene rings is 2. The molecule has 2 rings (SSSR count). The zero-order valence-corrected chi connectivity index (χ0v) is 12.2. The Morgan fingerprint density at radius 3 is 2.10 bits per heavy atom. The molecule has 0 spiro atoms. The third-order valence-corrected chi connectivity index (χ3v) is 4.87. The normalized spacial score (nSPS) is 11.2. The maximum atomic E-state index is 12.2. The Labute approximate surface area is 124 Å². The second-order valence-electron chi connectivity index (χ2n) is 4.77. The van der Waals surface area contributed by atoms with E-state index in [2.05, 4.69) is 0 Å². The van der Waals surface area contributed by atoms with Crippen molar-refractivity contribution in [3.8, 4) is 0 Å². The number of aliphatic carboxylic acids is 1. The van der Waals surface area contributed by atoms with Crippen molar-refractivity contribution in [2.45, 2.75) is 17.7 Å². The van der Waals surface area contributed by atoms with Gasteiger partial charge in [-0.3, -0.25) is 4.79 Å². The number of hydrogen-bond donors (Lipinski definition) is 1. The molecule has 21 heavy (non-hydrogen) atoms. The largest absolute Gasteiger partial charge is 0.481 e. The zero-order chi connectivity index (χ0) is 15.3. The van der Waals surface area contributed by atoms with E-state index < -0.39 is 15.8 Å². The van der Waals surface area contributed by atoms with Crippen molar-refractivity contribution >= 4 is 15.8 Å². The van der Waals surface area contributed by atoms with Crippen molar-refractivity contribution in [1.29, 1.82) is 0 Å². The van der Waals surface area contributed by atoms with Crippen molar-refractivity contribution in [2.75, 3.05) is 5.75 Å². The molecule has 2 aromatic rings. The van der Waals surface area contributed by atoms with Crippen LogP contribution in [0, 0.1) is 0 Å². The molecule has 0 aromatic heterocycles. The monoisotopic (exact) mass is 304 g/mol. The lowest BCUT2D eigenvalue weighted by molar-refractivity contribution is -0.136. The summed E-state index contributed by atoms with van der Waals surface area (Å²) in [6, 6.07) is 15.5. The van der Waals surface area contributed by atoms with Crippen molar-refractivity contribution in [1.82, 2.24) is 0 Å². The zero-order valence-electron chi connectivity index (χ0n) is 11.4. The average molecular weight is 304 g/mol. The smallest absolute Gasteiger partial charge is 0.307 e. The van der Waals surface area contributed by atoms with Crippen LogP contribution in [-0.2, 0) is 27.5 Å². The summed E-state index contributed by atoms with van der Waals surface area (Å²) >= 11 is 0. The molecule has 0 radical (unpaired) electrons. The van der Waals surface area contributed by atoms with Crippen LogP contribution in [0.5, 0.6) is 0 Å². The number of rotatable bonds is 6. The van der Waals surface area contributed by atoms with Crippen LogP contribution >= 0.6 is 0 Å². The lowest BCUT2D eigenvalue weighted by atomic mass is 10.2. The number of carboxylic acids is 1. The maximum absolute atomic E-state index is 12.2. The van der Waals surface area contributed by atoms with Crippen molar-refractivity contribution in [3.63, 3.8) is 0 Å². The first-order valence-electron chi connectivity index (χ1n) is 6.55. The van der Waals surface area contributed by atoms with E-state index in [4.69, 9.17) is 5.11 Å². The fourth-order valence-corrected chi connectivity index (χ4v) is 3.29. The van der Waals surface area contributed by atoms with Crippen molar-refractivity contribution in [2.24, 2.45) is 0 Å². The minimum atomic E-state index is -3.35. The van der Waals surface area contributed by atoms with Crippen LogP contribution in [0.4, 0.5) is 0 Å². The Balaban J connectivity index is 2.07. The minimum Gasteiger partial charge on any atom is -0.481 e. The van der Waals surface area contributed by atoms with Gasteiger partial charge in [0.25, 0.3) is 0 Å². The fraction of sp³-hybridized carbons (Fsp3) is 0.188. The molecule has 0 aliphatic rings. The van der Waals surface area contributed by atoms with Crippen molar-refractivity contribution in [3.05, 3.63) is 65.7 Å². The van der Waals surface area contributed by atoms with E-state index in [1.165, 1.54) is 12.1 Å². The number of aryl methyl sites for hydroxylation is 1. The third kappa shape index (κ3) is 4.43. The summed E-state index contributed by atoms with van der Waals surface area (Å²) in [5.74, 6) is -0.898. The highest BCUT2D eigenvalue weighted by atomic mass is 32.2. The van der Waals surface area contributed by atoms with Crippen LogP contribution in [-0.4, -0.2) is 25.2 Å². The average Bonchev–Trinajstić information content (AvgIpc) is 2.46.